The molecule has 1 saturated carbocycles. The summed E-state index contributed by atoms with van der Waals surface area (Å²) in [5.74, 6) is 0. The van der Waals surface area contributed by atoms with Crippen molar-refractivity contribution in [1.29, 1.82) is 0 Å². The quantitative estimate of drug-likeness (QED) is 0.848. The first-order chi connectivity index (χ1) is 11.9. The molecule has 0 aromatic heterocycles. The highest BCUT2D eigenvalue weighted by Crippen LogP contribution is 2.51. The van der Waals surface area contributed by atoms with Gasteiger partial charge in [-0.15, -0.1) is 0 Å². The summed E-state index contributed by atoms with van der Waals surface area (Å²) in [6.45, 7) is 1.71. The Labute approximate surface area is 145 Å². The molecule has 0 bridgehead atoms. The summed E-state index contributed by atoms with van der Waals surface area (Å²) < 4.78 is 45.0. The summed E-state index contributed by atoms with van der Waals surface area (Å²) in [5, 5.41) is 19.1. The van der Waals surface area contributed by atoms with Gasteiger partial charge in [-0.2, -0.15) is 13.2 Å². The van der Waals surface area contributed by atoms with E-state index in [4.69, 9.17) is 9.84 Å². The lowest BCUT2D eigenvalue weighted by molar-refractivity contribution is -0.213. The van der Waals surface area contributed by atoms with E-state index in [1.807, 2.05) is 4.90 Å². The van der Waals surface area contributed by atoms with Gasteiger partial charge in [-0.05, 0) is 37.6 Å². The highest BCUT2D eigenvalue weighted by atomic mass is 19.4. The number of hydrogen-bond donors (Lipinski definition) is 2. The zero-order valence-corrected chi connectivity index (χ0v) is 14.0. The highest BCUT2D eigenvalue weighted by molar-refractivity contribution is 5.29. The van der Waals surface area contributed by atoms with Gasteiger partial charge in [-0.3, -0.25) is 4.90 Å². The molecule has 2 fully saturated rings. The van der Waals surface area contributed by atoms with Crippen LogP contribution in [0.25, 0.3) is 0 Å². The number of rotatable bonds is 5. The van der Waals surface area contributed by atoms with Crippen LogP contribution in [0.2, 0.25) is 0 Å². The van der Waals surface area contributed by atoms with Crippen molar-refractivity contribution in [3.8, 4) is 0 Å². The van der Waals surface area contributed by atoms with E-state index in [1.165, 1.54) is 12.1 Å². The Morgan fingerprint density at radius 2 is 1.88 bits per heavy atom. The molecule has 1 aromatic rings. The predicted octanol–water partition coefficient (Wildman–Crippen LogP) is 2.43. The number of aliphatic hydroxyl groups is 2. The maximum atomic E-state index is 13.1. The molecule has 4 nitrogen and oxygen atoms in total. The molecule has 1 aliphatic heterocycles. The van der Waals surface area contributed by atoms with Gasteiger partial charge in [0.15, 0.2) is 0 Å². The average Bonchev–Trinajstić information content (AvgIpc) is 2.58. The molecule has 25 heavy (non-hydrogen) atoms. The molecule has 2 aliphatic rings. The Bertz CT molecular complexity index is 585. The molecule has 2 unspecified atom stereocenters. The van der Waals surface area contributed by atoms with Gasteiger partial charge in [-0.1, -0.05) is 18.2 Å². The molecule has 1 aliphatic carbocycles. The smallest absolute Gasteiger partial charge is 0.394 e. The third-order valence-electron chi connectivity index (χ3n) is 5.66. The van der Waals surface area contributed by atoms with Crippen molar-refractivity contribution >= 4 is 0 Å². The largest absolute Gasteiger partial charge is 0.416 e. The van der Waals surface area contributed by atoms with Crippen LogP contribution in [0.3, 0.4) is 0 Å². The monoisotopic (exact) mass is 359 g/mol. The fraction of sp³-hybridized carbons (Fsp3) is 0.667. The van der Waals surface area contributed by atoms with Crippen molar-refractivity contribution in [1.82, 2.24) is 4.90 Å². The van der Waals surface area contributed by atoms with Gasteiger partial charge in [0.25, 0.3) is 0 Å². The van der Waals surface area contributed by atoms with E-state index in [1.54, 1.807) is 6.07 Å². The van der Waals surface area contributed by atoms with Crippen LogP contribution in [-0.4, -0.2) is 53.6 Å². The lowest BCUT2D eigenvalue weighted by Crippen LogP contribution is -2.62. The van der Waals surface area contributed by atoms with Crippen LogP contribution in [0.1, 0.15) is 30.4 Å². The summed E-state index contributed by atoms with van der Waals surface area (Å²) in [4.78, 5) is 2.00. The Hall–Kier alpha value is -1.15. The molecule has 1 aromatic carbocycles. The van der Waals surface area contributed by atoms with E-state index in [0.717, 1.165) is 6.07 Å². The molecule has 1 saturated heterocycles. The summed E-state index contributed by atoms with van der Waals surface area (Å²) in [7, 11) is 0. The Morgan fingerprint density at radius 3 is 2.48 bits per heavy atom. The predicted molar refractivity (Wildman–Crippen MR) is 85.8 cm³/mol. The van der Waals surface area contributed by atoms with Crippen LogP contribution < -0.4 is 0 Å². The van der Waals surface area contributed by atoms with E-state index < -0.39 is 17.8 Å². The number of halogens is 3. The van der Waals surface area contributed by atoms with Crippen molar-refractivity contribution in [2.24, 2.45) is 5.41 Å². The van der Waals surface area contributed by atoms with Gasteiger partial charge in [-0.25, -0.2) is 0 Å². The molecule has 7 heteroatoms. The van der Waals surface area contributed by atoms with Gasteiger partial charge >= 0.3 is 6.18 Å². The van der Waals surface area contributed by atoms with Crippen LogP contribution in [0, 0.1) is 5.41 Å². The first kappa shape index (κ1) is 18.6. The zero-order chi connectivity index (χ0) is 18.1. The maximum Gasteiger partial charge on any atom is 0.416 e. The molecule has 140 valence electrons. The molecule has 1 heterocycles. The Balaban J connectivity index is 1.62. The summed E-state index contributed by atoms with van der Waals surface area (Å²) in [6.07, 6.45) is -2.89. The molecule has 1 spiro atoms. The van der Waals surface area contributed by atoms with Gasteiger partial charge in [0.2, 0.25) is 0 Å². The summed E-state index contributed by atoms with van der Waals surface area (Å²) >= 11 is 0. The number of piperidine rings is 1. The Morgan fingerprint density at radius 1 is 1.20 bits per heavy atom. The zero-order valence-electron chi connectivity index (χ0n) is 14.0. The van der Waals surface area contributed by atoms with Crippen molar-refractivity contribution in [2.45, 2.75) is 44.2 Å². The number of aliphatic hydroxyl groups excluding tert-OH is 2. The molecule has 0 radical (unpaired) electrons. The van der Waals surface area contributed by atoms with E-state index in [-0.39, 0.29) is 36.8 Å². The van der Waals surface area contributed by atoms with Gasteiger partial charge in [0, 0.05) is 18.4 Å². The fourth-order valence-corrected chi connectivity index (χ4v) is 4.11. The number of likely N-dealkylation sites (tertiary alicyclic amines) is 1. The Kier molecular flexibility index (Phi) is 5.39. The minimum absolute atomic E-state index is 0.0526. The summed E-state index contributed by atoms with van der Waals surface area (Å²) in [6, 6.07) is 5.68. The van der Waals surface area contributed by atoms with Gasteiger partial charge < -0.3 is 14.9 Å². The molecule has 0 amide bonds. The summed E-state index contributed by atoms with van der Waals surface area (Å²) in [5.41, 5.74) is -0.605. The van der Waals surface area contributed by atoms with Crippen molar-refractivity contribution in [2.75, 3.05) is 26.3 Å². The van der Waals surface area contributed by atoms with Crippen molar-refractivity contribution in [3.05, 3.63) is 35.4 Å². The van der Waals surface area contributed by atoms with Crippen LogP contribution in [0.15, 0.2) is 24.3 Å². The van der Waals surface area contributed by atoms with E-state index >= 15 is 0 Å². The van der Waals surface area contributed by atoms with Crippen LogP contribution in [-0.2, 0) is 17.5 Å². The second-order valence-electron chi connectivity index (χ2n) is 7.00. The third kappa shape index (κ3) is 3.69. The van der Waals surface area contributed by atoms with E-state index in [9.17, 15) is 18.3 Å². The topological polar surface area (TPSA) is 52.9 Å². The molecule has 3 rings (SSSR count). The highest BCUT2D eigenvalue weighted by Gasteiger charge is 2.56. The van der Waals surface area contributed by atoms with Gasteiger partial charge in [0.1, 0.15) is 0 Å². The molecule has 2 N–H and O–H groups in total. The molecule has 2 atom stereocenters. The average molecular weight is 359 g/mol. The van der Waals surface area contributed by atoms with Crippen molar-refractivity contribution in [3.63, 3.8) is 0 Å². The van der Waals surface area contributed by atoms with Crippen LogP contribution in [0.5, 0.6) is 0 Å². The van der Waals surface area contributed by atoms with E-state index in [0.29, 0.717) is 32.4 Å². The minimum atomic E-state index is -4.35. The lowest BCUT2D eigenvalue weighted by atomic mass is 9.58. The number of hydrogen-bond acceptors (Lipinski definition) is 4. The van der Waals surface area contributed by atoms with E-state index in [2.05, 4.69) is 0 Å². The number of benzene rings is 1. The van der Waals surface area contributed by atoms with Crippen molar-refractivity contribution < 1.29 is 28.1 Å². The standard InChI is InChI=1S/C18H24F3NO3/c19-18(20,21)14-4-2-1-3-13(14)12-22-7-5-17(6-8-22)15(24)11-16(17)25-10-9-23/h1-4,15-16,23-24H,5-12H2. The first-order valence-corrected chi connectivity index (χ1v) is 8.65. The normalized spacial score (nSPS) is 26.6. The third-order valence-corrected chi connectivity index (χ3v) is 5.66. The van der Waals surface area contributed by atoms with Gasteiger partial charge in [0.05, 0.1) is 31.0 Å². The lowest BCUT2D eigenvalue weighted by Gasteiger charge is -2.56. The SMILES string of the molecule is OCCOC1CC(O)C12CCN(Cc1ccccc1C(F)(F)F)CC2. The van der Waals surface area contributed by atoms with Crippen LogP contribution >= 0.6 is 0 Å². The molecular weight excluding hydrogens is 335 g/mol. The number of alkyl halides is 3. The van der Waals surface area contributed by atoms with Crippen LogP contribution in [0.4, 0.5) is 13.2 Å². The number of nitrogens with zero attached hydrogens (tertiary/aromatic N) is 1. The second kappa shape index (κ2) is 7.23. The minimum Gasteiger partial charge on any atom is -0.394 e. The second-order valence-corrected chi connectivity index (χ2v) is 7.00. The fourth-order valence-electron chi connectivity index (χ4n) is 4.11. The maximum absolute atomic E-state index is 13.1. The number of ether oxygens (including phenoxy) is 1. The molecular formula is C18H24F3NO3. The first-order valence-electron chi connectivity index (χ1n) is 8.65.